The molecule has 6 aromatic heterocycles. The number of halogens is 2. The summed E-state index contributed by atoms with van der Waals surface area (Å²) < 4.78 is 51.8. The monoisotopic (exact) mass is 911 g/mol. The average molecular weight is 912 g/mol. The first kappa shape index (κ1) is 41.3. The highest BCUT2D eigenvalue weighted by Gasteiger charge is 2.60. The zero-order valence-corrected chi connectivity index (χ0v) is 37.7. The smallest absolute Gasteiger partial charge is 0.375 e. The zero-order valence-electron chi connectivity index (χ0n) is 37.7. The largest absolute Gasteiger partial charge is 0.438 e. The van der Waals surface area contributed by atoms with Gasteiger partial charge < -0.3 is 18.8 Å². The molecule has 5 atom stereocenters. The maximum atomic E-state index is 16.2. The van der Waals surface area contributed by atoms with Gasteiger partial charge in [-0.3, -0.25) is 32.9 Å². The third-order valence-electron chi connectivity index (χ3n) is 15.0. The van der Waals surface area contributed by atoms with Gasteiger partial charge >= 0.3 is 11.4 Å². The van der Waals surface area contributed by atoms with E-state index in [0.717, 1.165) is 0 Å². The molecule has 12 rings (SSSR count). The number of fused-ring (bicyclic) bond motifs is 6. The van der Waals surface area contributed by atoms with Crippen LogP contribution in [0.1, 0.15) is 104 Å². The number of nitrogens with one attached hydrogen (secondary N) is 1. The van der Waals surface area contributed by atoms with Crippen LogP contribution in [0.25, 0.3) is 39.0 Å². The predicted molar refractivity (Wildman–Crippen MR) is 240 cm³/mol. The Balaban J connectivity index is 1.03. The van der Waals surface area contributed by atoms with Crippen LogP contribution in [0, 0.1) is 31.4 Å². The normalized spacial score (nSPS) is 23.1. The number of nitrogens with zero attached hydrogens (tertiary/aromatic N) is 10. The van der Waals surface area contributed by atoms with Crippen molar-refractivity contribution in [3.05, 3.63) is 138 Å². The molecule has 3 aliphatic heterocycles. The molecule has 67 heavy (non-hydrogen) atoms. The molecule has 2 aromatic carbocycles. The van der Waals surface area contributed by atoms with Crippen molar-refractivity contribution in [1.82, 2.24) is 52.9 Å². The number of aromatic nitrogens is 10. The average Bonchev–Trinajstić information content (AvgIpc) is 4.00. The van der Waals surface area contributed by atoms with Gasteiger partial charge in [0.2, 0.25) is 0 Å². The van der Waals surface area contributed by atoms with Gasteiger partial charge in [0.25, 0.3) is 11.5 Å². The Morgan fingerprint density at radius 1 is 0.896 bits per heavy atom. The van der Waals surface area contributed by atoms with E-state index in [-0.39, 0.29) is 57.9 Å². The number of benzene rings is 2. The summed E-state index contributed by atoms with van der Waals surface area (Å²) in [6, 6.07) is 9.07. The lowest BCUT2D eigenvalue weighted by Crippen LogP contribution is -2.43. The van der Waals surface area contributed by atoms with Crippen LogP contribution in [0.5, 0.6) is 0 Å². The number of carbonyl (C=O) groups is 1. The lowest BCUT2D eigenvalue weighted by Gasteiger charge is -2.36. The zero-order chi connectivity index (χ0) is 46.6. The Morgan fingerprint density at radius 3 is 2.37 bits per heavy atom. The van der Waals surface area contributed by atoms with Gasteiger partial charge in [0, 0.05) is 56.3 Å². The second-order valence-corrected chi connectivity index (χ2v) is 19.5. The number of ether oxygens (including phenoxy) is 1. The van der Waals surface area contributed by atoms with Gasteiger partial charge in [-0.15, -0.1) is 0 Å². The van der Waals surface area contributed by atoms with Gasteiger partial charge in [0.15, 0.2) is 11.6 Å². The molecule has 8 aromatic rings. The number of hydrogen-bond acceptors (Lipinski definition) is 9. The van der Waals surface area contributed by atoms with E-state index in [1.54, 1.807) is 71.5 Å². The lowest BCUT2D eigenvalue weighted by molar-refractivity contribution is -0.0695. The van der Waals surface area contributed by atoms with Gasteiger partial charge in [-0.2, -0.15) is 10.2 Å². The Morgan fingerprint density at radius 2 is 1.66 bits per heavy atom. The third kappa shape index (κ3) is 5.88. The number of imidazole rings is 1. The van der Waals surface area contributed by atoms with E-state index in [2.05, 4.69) is 15.2 Å². The standard InChI is InChI=1S/C48H47F2N11O6/c1-24-17-29(18-25(2)39(24)49)61-41(58-15-14-57(46(58)65)36-10-9-33-31(40(36)50)23-51-55(33)6)38-32(53-61)19-27-7-8-35(38)59(27)43(63)37-20-30-34(60(37)48(21-26(48)3)44-52-45(64)67-54-44)11-13-56(42(30)62)28-12-16-66-47(4,5)22-28/h9-11,13-15,17-18,20,23,26-28,35H,7-8,12,16,19,21-22H2,1-6H3,(H,52,54,64)/t26-,27+,28-,35-,48-/m0/s1. The summed E-state index contributed by atoms with van der Waals surface area (Å²) in [5, 5.41) is 14.1. The van der Waals surface area contributed by atoms with E-state index < -0.39 is 34.4 Å². The highest BCUT2D eigenvalue weighted by Crippen LogP contribution is 2.56. The summed E-state index contributed by atoms with van der Waals surface area (Å²) in [6.07, 6.45) is 9.52. The molecule has 1 amide bonds. The minimum atomic E-state index is -1.00. The van der Waals surface area contributed by atoms with Gasteiger partial charge in [-0.25, -0.2) is 23.1 Å². The van der Waals surface area contributed by atoms with E-state index in [1.807, 2.05) is 36.3 Å². The van der Waals surface area contributed by atoms with Crippen molar-refractivity contribution in [3.63, 3.8) is 0 Å². The first-order valence-electron chi connectivity index (χ1n) is 22.7. The van der Waals surface area contributed by atoms with Crippen LogP contribution in [0.3, 0.4) is 0 Å². The summed E-state index contributed by atoms with van der Waals surface area (Å²) in [6.45, 7) is 9.85. The van der Waals surface area contributed by atoms with Crippen molar-refractivity contribution in [1.29, 1.82) is 0 Å². The van der Waals surface area contributed by atoms with Crippen LogP contribution in [-0.2, 0) is 23.7 Å². The fourth-order valence-electron chi connectivity index (χ4n) is 11.6. The van der Waals surface area contributed by atoms with Crippen molar-refractivity contribution >= 4 is 27.7 Å². The van der Waals surface area contributed by atoms with Gasteiger partial charge in [0.05, 0.1) is 56.7 Å². The van der Waals surface area contributed by atoms with Crippen LogP contribution < -0.4 is 17.0 Å². The van der Waals surface area contributed by atoms with Gasteiger partial charge in [-0.05, 0) is 113 Å². The molecule has 0 spiro atoms. The van der Waals surface area contributed by atoms with Crippen LogP contribution in [0.2, 0.25) is 0 Å². The molecule has 0 unspecified atom stereocenters. The number of aryl methyl sites for hydroxylation is 3. The number of carbonyl (C=O) groups excluding carboxylic acids is 1. The van der Waals surface area contributed by atoms with E-state index in [0.29, 0.717) is 95.4 Å². The van der Waals surface area contributed by atoms with Crippen LogP contribution in [-0.4, -0.2) is 77.0 Å². The topological polar surface area (TPSA) is 178 Å². The summed E-state index contributed by atoms with van der Waals surface area (Å²) in [5.74, 6) is -1.56. The Labute approximate surface area is 379 Å². The van der Waals surface area contributed by atoms with Crippen molar-refractivity contribution in [3.8, 4) is 17.2 Å². The van der Waals surface area contributed by atoms with E-state index in [1.165, 1.54) is 27.6 Å². The number of aromatic amines is 1. The Kier molecular flexibility index (Phi) is 8.74. The summed E-state index contributed by atoms with van der Waals surface area (Å²) in [4.78, 5) is 62.3. The second-order valence-electron chi connectivity index (χ2n) is 19.5. The quantitative estimate of drug-likeness (QED) is 0.195. The van der Waals surface area contributed by atoms with Gasteiger partial charge in [-0.1, -0.05) is 12.1 Å². The summed E-state index contributed by atoms with van der Waals surface area (Å²) in [5.41, 5.74) is 1.67. The highest BCUT2D eigenvalue weighted by atomic mass is 19.1. The molecule has 2 bridgehead atoms. The first-order chi connectivity index (χ1) is 32.1. The predicted octanol–water partition coefficient (Wildman–Crippen LogP) is 6.20. The maximum absolute atomic E-state index is 16.2. The molecule has 19 heteroatoms. The van der Waals surface area contributed by atoms with Gasteiger partial charge in [0.1, 0.15) is 22.9 Å². The summed E-state index contributed by atoms with van der Waals surface area (Å²) in [7, 11) is 1.71. The van der Waals surface area contributed by atoms with E-state index in [4.69, 9.17) is 14.4 Å². The third-order valence-corrected chi connectivity index (χ3v) is 15.0. The van der Waals surface area contributed by atoms with Crippen molar-refractivity contribution < 1.29 is 22.8 Å². The molecule has 344 valence electrons. The molecule has 3 fully saturated rings. The number of H-pyrrole nitrogens is 1. The Bertz CT molecular complexity index is 3580. The molecule has 2 saturated heterocycles. The van der Waals surface area contributed by atoms with Crippen LogP contribution in [0.4, 0.5) is 8.78 Å². The number of hydrogen-bond donors (Lipinski definition) is 1. The van der Waals surface area contributed by atoms with E-state index in [9.17, 15) is 14.4 Å². The minimum absolute atomic E-state index is 0.0273. The van der Waals surface area contributed by atoms with Crippen molar-refractivity contribution in [2.75, 3.05) is 6.61 Å². The molecular weight excluding hydrogens is 865 g/mol. The van der Waals surface area contributed by atoms with Crippen LogP contribution in [0.15, 0.2) is 80.1 Å². The molecule has 1 saturated carbocycles. The minimum Gasteiger partial charge on any atom is -0.375 e. The molecule has 1 N–H and O–H groups in total. The molecule has 0 radical (unpaired) electrons. The molecule has 9 heterocycles. The lowest BCUT2D eigenvalue weighted by atomic mass is 9.93. The number of amides is 1. The van der Waals surface area contributed by atoms with Crippen molar-refractivity contribution in [2.24, 2.45) is 13.0 Å². The Hall–Kier alpha value is -7.15. The number of pyridine rings is 1. The fourth-order valence-corrected chi connectivity index (χ4v) is 11.6. The first-order valence-corrected chi connectivity index (χ1v) is 22.7. The second kappa shape index (κ2) is 14.2. The van der Waals surface area contributed by atoms with E-state index >= 15 is 13.6 Å². The van der Waals surface area contributed by atoms with Crippen LogP contribution >= 0.6 is 0 Å². The highest BCUT2D eigenvalue weighted by molar-refractivity contribution is 6.00. The molecular formula is C48H47F2N11O6. The fraction of sp³-hybridized carbons (Fsp3) is 0.396. The molecule has 17 nitrogen and oxygen atoms in total. The summed E-state index contributed by atoms with van der Waals surface area (Å²) >= 11 is 0. The van der Waals surface area contributed by atoms with Crippen molar-refractivity contribution in [2.45, 2.75) is 102 Å². The SMILES string of the molecule is Cc1cc(-n2nc3c(c2-n2ccn(-c4ccc5c(cnn5C)c4F)c2=O)[C@@H]2CC[C@H](C3)N2C(=O)c2cc3c(=O)n([C@H]4CCOC(C)(C)C4)ccc3n2[C@@]2(c3noc(=O)[nH]3)C[C@@H]2C)cc(C)c1F. The maximum Gasteiger partial charge on any atom is 0.438 e. The number of rotatable bonds is 7. The molecule has 4 aliphatic rings. The molecule has 1 aliphatic carbocycles.